The van der Waals surface area contributed by atoms with Crippen molar-refractivity contribution in [1.29, 1.82) is 0 Å². The first-order valence-electron chi connectivity index (χ1n) is 9.06. The van der Waals surface area contributed by atoms with Crippen LogP contribution in [0.4, 0.5) is 5.82 Å². The lowest BCUT2D eigenvalue weighted by atomic mass is 10.0. The lowest BCUT2D eigenvalue weighted by Gasteiger charge is -2.27. The second-order valence-electron chi connectivity index (χ2n) is 6.84. The van der Waals surface area contributed by atoms with Gasteiger partial charge in [0, 0.05) is 5.02 Å². The summed E-state index contributed by atoms with van der Waals surface area (Å²) in [5, 5.41) is 9.10. The Bertz CT molecular complexity index is 1320. The molecule has 0 bridgehead atoms. The minimum Gasteiger partial charge on any atom is -0.362 e. The van der Waals surface area contributed by atoms with Crippen molar-refractivity contribution in [1.82, 2.24) is 19.7 Å². The number of rotatable bonds is 3. The van der Waals surface area contributed by atoms with Crippen molar-refractivity contribution in [2.75, 3.05) is 11.1 Å². The highest BCUT2D eigenvalue weighted by Crippen LogP contribution is 2.36. The highest BCUT2D eigenvalue weighted by molar-refractivity contribution is 7.91. The Labute approximate surface area is 172 Å². The van der Waals surface area contributed by atoms with Gasteiger partial charge in [-0.3, -0.25) is 0 Å². The van der Waals surface area contributed by atoms with Gasteiger partial charge in [0.25, 0.3) is 0 Å². The number of nitrogens with zero attached hydrogens (tertiary/aromatic N) is 4. The van der Waals surface area contributed by atoms with Crippen molar-refractivity contribution in [3.05, 3.63) is 71.6 Å². The summed E-state index contributed by atoms with van der Waals surface area (Å²) in [5.74, 6) is 0.670. The molecule has 29 heavy (non-hydrogen) atoms. The number of fused-ring (bicyclic) bond motifs is 2. The normalized spacial score (nSPS) is 17.8. The average Bonchev–Trinajstić information content (AvgIpc) is 3.16. The molecule has 0 fully saturated rings. The summed E-state index contributed by atoms with van der Waals surface area (Å²) in [7, 11) is -3.31. The topological polar surface area (TPSA) is 89.8 Å². The van der Waals surface area contributed by atoms with Gasteiger partial charge in [0.05, 0.1) is 34.0 Å². The van der Waals surface area contributed by atoms with E-state index in [2.05, 4.69) is 20.4 Å². The molecule has 7 nitrogen and oxygen atoms in total. The minimum absolute atomic E-state index is 0.0663. The van der Waals surface area contributed by atoms with Crippen molar-refractivity contribution in [2.45, 2.75) is 17.4 Å². The molecule has 146 valence electrons. The van der Waals surface area contributed by atoms with E-state index in [-0.39, 0.29) is 11.8 Å². The summed E-state index contributed by atoms with van der Waals surface area (Å²) in [6, 6.07) is 14.4. The predicted molar refractivity (Wildman–Crippen MR) is 111 cm³/mol. The molecule has 0 saturated heterocycles. The Morgan fingerprint density at radius 3 is 2.76 bits per heavy atom. The number of hydrogen-bond acceptors (Lipinski definition) is 6. The third-order valence-electron chi connectivity index (χ3n) is 5.04. The van der Waals surface area contributed by atoms with E-state index in [0.717, 1.165) is 11.1 Å². The number of anilines is 1. The maximum absolute atomic E-state index is 12.4. The van der Waals surface area contributed by atoms with E-state index in [1.165, 1.54) is 6.33 Å². The van der Waals surface area contributed by atoms with Gasteiger partial charge < -0.3 is 5.32 Å². The van der Waals surface area contributed by atoms with E-state index in [0.29, 0.717) is 33.4 Å². The molecule has 0 spiro atoms. The molecule has 9 heteroatoms. The Morgan fingerprint density at radius 1 is 1.10 bits per heavy atom. The van der Waals surface area contributed by atoms with Crippen LogP contribution in [-0.4, -0.2) is 33.9 Å². The summed E-state index contributed by atoms with van der Waals surface area (Å²) in [4.78, 5) is 9.08. The van der Waals surface area contributed by atoms with Gasteiger partial charge in [0.15, 0.2) is 15.5 Å². The molecule has 1 atom stereocenters. The summed E-state index contributed by atoms with van der Waals surface area (Å²) in [6.07, 6.45) is 3.61. The Hall–Kier alpha value is -2.97. The average molecular weight is 426 g/mol. The summed E-state index contributed by atoms with van der Waals surface area (Å²) in [5.41, 5.74) is 2.22. The molecule has 3 heterocycles. The second-order valence-corrected chi connectivity index (χ2v) is 9.35. The molecule has 1 unspecified atom stereocenters. The van der Waals surface area contributed by atoms with Crippen LogP contribution in [0.2, 0.25) is 5.02 Å². The number of aromatic nitrogens is 4. The van der Waals surface area contributed by atoms with Crippen LogP contribution in [0.1, 0.15) is 18.0 Å². The zero-order valence-corrected chi connectivity index (χ0v) is 16.7. The highest BCUT2D eigenvalue weighted by Gasteiger charge is 2.31. The molecule has 2 aromatic heterocycles. The lowest BCUT2D eigenvalue weighted by molar-refractivity contribution is 0.576. The van der Waals surface area contributed by atoms with Crippen LogP contribution in [0.3, 0.4) is 0 Å². The summed E-state index contributed by atoms with van der Waals surface area (Å²) < 4.78 is 26.6. The molecule has 0 amide bonds. The number of benzene rings is 2. The van der Waals surface area contributed by atoms with Gasteiger partial charge in [-0.25, -0.2) is 23.1 Å². The number of para-hydroxylation sites is 1. The summed E-state index contributed by atoms with van der Waals surface area (Å²) >= 11 is 6.14. The molecule has 1 aliphatic heterocycles. The third-order valence-corrected chi connectivity index (χ3v) is 7.09. The Kier molecular flexibility index (Phi) is 4.25. The van der Waals surface area contributed by atoms with Gasteiger partial charge in [0.1, 0.15) is 12.1 Å². The minimum atomic E-state index is -3.31. The molecule has 0 aliphatic carbocycles. The van der Waals surface area contributed by atoms with E-state index in [1.807, 2.05) is 30.3 Å². The van der Waals surface area contributed by atoms with Gasteiger partial charge in [-0.2, -0.15) is 5.10 Å². The van der Waals surface area contributed by atoms with Crippen molar-refractivity contribution in [3.8, 4) is 5.69 Å². The largest absolute Gasteiger partial charge is 0.362 e. The van der Waals surface area contributed by atoms with Crippen LogP contribution in [0, 0.1) is 0 Å². The molecular weight excluding hydrogens is 410 g/mol. The number of nitrogens with one attached hydrogen (secondary N) is 1. The van der Waals surface area contributed by atoms with E-state index in [4.69, 9.17) is 11.6 Å². The van der Waals surface area contributed by atoms with Gasteiger partial charge in [-0.1, -0.05) is 29.8 Å². The van der Waals surface area contributed by atoms with Gasteiger partial charge in [-0.05, 0) is 42.3 Å². The number of halogens is 1. The van der Waals surface area contributed by atoms with Crippen LogP contribution >= 0.6 is 11.6 Å². The number of sulfone groups is 1. The molecule has 2 aromatic carbocycles. The lowest BCUT2D eigenvalue weighted by Crippen LogP contribution is -2.25. The van der Waals surface area contributed by atoms with Gasteiger partial charge in [-0.15, -0.1) is 0 Å². The maximum atomic E-state index is 12.4. The Morgan fingerprint density at radius 2 is 1.93 bits per heavy atom. The standard InChI is InChI=1S/C20H16ClN5O2S/c21-13-6-7-18-15(10-13)17(8-9-29(18,27)28)25-19-16-11-24-26(20(16)23-12-22-19)14-4-2-1-3-5-14/h1-7,10-12,17H,8-9H2,(H,22,23,25). The van der Waals surface area contributed by atoms with Crippen LogP contribution in [-0.2, 0) is 9.84 Å². The first-order chi connectivity index (χ1) is 14.0. The quantitative estimate of drug-likeness (QED) is 0.537. The first-order valence-corrected chi connectivity index (χ1v) is 11.1. The molecular formula is C20H16ClN5O2S. The fourth-order valence-electron chi connectivity index (χ4n) is 3.65. The predicted octanol–water partition coefficient (Wildman–Crippen LogP) is 3.80. The SMILES string of the molecule is O=S1(=O)CCC(Nc2ncnc3c2cnn3-c2ccccc2)c2cc(Cl)ccc21. The van der Waals surface area contributed by atoms with E-state index in [9.17, 15) is 8.42 Å². The van der Waals surface area contributed by atoms with Gasteiger partial charge in [0.2, 0.25) is 0 Å². The van der Waals surface area contributed by atoms with Crippen LogP contribution < -0.4 is 5.32 Å². The number of hydrogen-bond donors (Lipinski definition) is 1. The van der Waals surface area contributed by atoms with Crippen molar-refractivity contribution in [3.63, 3.8) is 0 Å². The molecule has 5 rings (SSSR count). The van der Waals surface area contributed by atoms with E-state index in [1.54, 1.807) is 29.1 Å². The highest BCUT2D eigenvalue weighted by atomic mass is 35.5. The van der Waals surface area contributed by atoms with Crippen LogP contribution in [0.25, 0.3) is 16.7 Å². The van der Waals surface area contributed by atoms with Crippen molar-refractivity contribution >= 4 is 38.3 Å². The molecule has 4 aromatic rings. The zero-order chi connectivity index (χ0) is 20.0. The molecule has 1 N–H and O–H groups in total. The third kappa shape index (κ3) is 3.14. The second kappa shape index (κ2) is 6.82. The van der Waals surface area contributed by atoms with Crippen LogP contribution in [0.5, 0.6) is 0 Å². The van der Waals surface area contributed by atoms with E-state index >= 15 is 0 Å². The molecule has 0 saturated carbocycles. The van der Waals surface area contributed by atoms with E-state index < -0.39 is 9.84 Å². The van der Waals surface area contributed by atoms with Crippen molar-refractivity contribution < 1.29 is 8.42 Å². The molecule has 1 aliphatic rings. The first kappa shape index (κ1) is 18.1. The summed E-state index contributed by atoms with van der Waals surface area (Å²) in [6.45, 7) is 0. The van der Waals surface area contributed by atoms with Crippen LogP contribution in [0.15, 0.2) is 66.0 Å². The zero-order valence-electron chi connectivity index (χ0n) is 15.2. The molecule has 0 radical (unpaired) electrons. The monoisotopic (exact) mass is 425 g/mol. The van der Waals surface area contributed by atoms with Gasteiger partial charge >= 0.3 is 0 Å². The van der Waals surface area contributed by atoms with Crippen molar-refractivity contribution in [2.24, 2.45) is 0 Å². The Balaban J connectivity index is 1.57. The fraction of sp³-hybridized carbons (Fsp3) is 0.150. The maximum Gasteiger partial charge on any atom is 0.178 e. The smallest absolute Gasteiger partial charge is 0.178 e. The fourth-order valence-corrected chi connectivity index (χ4v) is 5.43.